The Morgan fingerprint density at radius 2 is 1.81 bits per heavy atom. The maximum absolute atomic E-state index is 12.8. The van der Waals surface area contributed by atoms with Crippen molar-refractivity contribution in [1.82, 2.24) is 4.90 Å². The zero-order valence-electron chi connectivity index (χ0n) is 15.5. The predicted octanol–water partition coefficient (Wildman–Crippen LogP) is 4.31. The van der Waals surface area contributed by atoms with Crippen LogP contribution >= 0.6 is 11.3 Å². The SMILES string of the molecule is CC[C@H](C)N(Cc1ccc(OS(=O)(=O)C(C)C)cc1)C(=O)c1cccs1. The van der Waals surface area contributed by atoms with E-state index in [-0.39, 0.29) is 17.7 Å². The van der Waals surface area contributed by atoms with Crippen molar-refractivity contribution in [2.45, 2.75) is 52.0 Å². The van der Waals surface area contributed by atoms with Gasteiger partial charge in [0.1, 0.15) is 5.75 Å². The molecule has 0 unspecified atom stereocenters. The highest BCUT2D eigenvalue weighted by molar-refractivity contribution is 7.87. The number of rotatable bonds is 8. The van der Waals surface area contributed by atoms with E-state index in [1.165, 1.54) is 11.3 Å². The highest BCUT2D eigenvalue weighted by Gasteiger charge is 2.22. The fraction of sp³-hybridized carbons (Fsp3) is 0.421. The van der Waals surface area contributed by atoms with E-state index in [1.807, 2.05) is 36.3 Å². The van der Waals surface area contributed by atoms with Crippen LogP contribution in [0.25, 0.3) is 0 Å². The minimum absolute atomic E-state index is 0.0112. The predicted molar refractivity (Wildman–Crippen MR) is 105 cm³/mol. The molecule has 26 heavy (non-hydrogen) atoms. The molecule has 0 saturated heterocycles. The molecule has 2 aromatic rings. The minimum Gasteiger partial charge on any atom is -0.382 e. The normalized spacial score (nSPS) is 12.8. The average molecular weight is 396 g/mol. The number of hydrogen-bond donors (Lipinski definition) is 0. The fourth-order valence-corrected chi connectivity index (χ4v) is 3.52. The Bertz CT molecular complexity index is 812. The molecule has 5 nitrogen and oxygen atoms in total. The van der Waals surface area contributed by atoms with Gasteiger partial charge in [-0.15, -0.1) is 11.3 Å². The van der Waals surface area contributed by atoms with Gasteiger partial charge in [0.25, 0.3) is 5.91 Å². The topological polar surface area (TPSA) is 63.7 Å². The van der Waals surface area contributed by atoms with Crippen LogP contribution in [0.1, 0.15) is 49.4 Å². The maximum Gasteiger partial charge on any atom is 0.311 e. The molecule has 0 spiro atoms. The highest BCUT2D eigenvalue weighted by Crippen LogP contribution is 2.21. The van der Waals surface area contributed by atoms with Crippen LogP contribution in [0.5, 0.6) is 5.75 Å². The zero-order chi connectivity index (χ0) is 19.3. The number of thiophene rings is 1. The first kappa shape index (κ1) is 20.5. The molecule has 1 amide bonds. The molecule has 0 N–H and O–H groups in total. The van der Waals surface area contributed by atoms with Gasteiger partial charge in [0, 0.05) is 12.6 Å². The summed E-state index contributed by atoms with van der Waals surface area (Å²) >= 11 is 1.43. The molecule has 2 rings (SSSR count). The van der Waals surface area contributed by atoms with E-state index < -0.39 is 15.4 Å². The Labute approximate surface area is 159 Å². The first-order chi connectivity index (χ1) is 12.2. The third kappa shape index (κ3) is 5.08. The Kier molecular flexibility index (Phi) is 6.83. The van der Waals surface area contributed by atoms with E-state index in [0.717, 1.165) is 12.0 Å². The summed E-state index contributed by atoms with van der Waals surface area (Å²) in [4.78, 5) is 15.3. The van der Waals surface area contributed by atoms with Crippen LogP contribution in [0.15, 0.2) is 41.8 Å². The van der Waals surface area contributed by atoms with E-state index in [2.05, 4.69) is 0 Å². The highest BCUT2D eigenvalue weighted by atomic mass is 32.2. The number of carbonyl (C=O) groups excluding carboxylic acids is 1. The van der Waals surface area contributed by atoms with Crippen molar-refractivity contribution in [3.05, 3.63) is 52.2 Å². The van der Waals surface area contributed by atoms with Gasteiger partial charge in [-0.1, -0.05) is 25.1 Å². The molecule has 0 radical (unpaired) electrons. The van der Waals surface area contributed by atoms with Crippen LogP contribution < -0.4 is 4.18 Å². The lowest BCUT2D eigenvalue weighted by molar-refractivity contribution is 0.0676. The number of carbonyl (C=O) groups is 1. The van der Waals surface area contributed by atoms with Gasteiger partial charge in [0.15, 0.2) is 0 Å². The largest absolute Gasteiger partial charge is 0.382 e. The lowest BCUT2D eigenvalue weighted by Gasteiger charge is -2.28. The minimum atomic E-state index is -3.61. The zero-order valence-corrected chi connectivity index (χ0v) is 17.1. The van der Waals surface area contributed by atoms with E-state index in [0.29, 0.717) is 11.4 Å². The average Bonchev–Trinajstić information content (AvgIpc) is 3.14. The van der Waals surface area contributed by atoms with Crippen LogP contribution in [0.3, 0.4) is 0 Å². The molecule has 142 valence electrons. The third-order valence-electron chi connectivity index (χ3n) is 4.18. The Morgan fingerprint density at radius 1 is 1.15 bits per heavy atom. The smallest absolute Gasteiger partial charge is 0.311 e. The Balaban J connectivity index is 2.15. The number of benzene rings is 1. The van der Waals surface area contributed by atoms with Crippen LogP contribution in [-0.2, 0) is 16.7 Å². The van der Waals surface area contributed by atoms with Crippen LogP contribution in [0.4, 0.5) is 0 Å². The van der Waals surface area contributed by atoms with Gasteiger partial charge in [-0.05, 0) is 56.3 Å². The standard InChI is InChI=1S/C19H25NO4S2/c1-5-15(4)20(19(21)18-7-6-12-25-18)13-16-8-10-17(11-9-16)24-26(22,23)14(2)3/h6-12,14-15H,5,13H2,1-4H3/t15-/m0/s1. The van der Waals surface area contributed by atoms with Crippen LogP contribution in [-0.4, -0.2) is 30.5 Å². The molecule has 7 heteroatoms. The molecule has 0 bridgehead atoms. The monoisotopic (exact) mass is 395 g/mol. The van der Waals surface area contributed by atoms with E-state index in [4.69, 9.17) is 4.18 Å². The summed E-state index contributed by atoms with van der Waals surface area (Å²) in [6, 6.07) is 10.6. The summed E-state index contributed by atoms with van der Waals surface area (Å²) in [5.41, 5.74) is 0.921. The second-order valence-corrected chi connectivity index (χ2v) is 9.48. The molecule has 0 aliphatic rings. The first-order valence-corrected chi connectivity index (χ1v) is 11.0. The van der Waals surface area contributed by atoms with Crippen molar-refractivity contribution < 1.29 is 17.4 Å². The lowest BCUT2D eigenvalue weighted by atomic mass is 10.1. The molecule has 0 saturated carbocycles. The van der Waals surface area contributed by atoms with E-state index in [1.54, 1.807) is 38.1 Å². The van der Waals surface area contributed by atoms with Gasteiger partial charge >= 0.3 is 10.1 Å². The Hall–Kier alpha value is -1.86. The number of nitrogens with zero attached hydrogens (tertiary/aromatic N) is 1. The van der Waals surface area contributed by atoms with Crippen molar-refractivity contribution in [2.75, 3.05) is 0 Å². The molecular weight excluding hydrogens is 370 g/mol. The molecule has 1 aromatic heterocycles. The Morgan fingerprint density at radius 3 is 2.31 bits per heavy atom. The van der Waals surface area contributed by atoms with Crippen molar-refractivity contribution in [2.24, 2.45) is 0 Å². The van der Waals surface area contributed by atoms with Gasteiger partial charge in [0.2, 0.25) is 0 Å². The van der Waals surface area contributed by atoms with Gasteiger partial charge in [-0.3, -0.25) is 4.79 Å². The quantitative estimate of drug-likeness (QED) is 0.625. The molecule has 0 fully saturated rings. The number of amides is 1. The van der Waals surface area contributed by atoms with Crippen LogP contribution in [0.2, 0.25) is 0 Å². The summed E-state index contributed by atoms with van der Waals surface area (Å²) in [7, 11) is -3.61. The lowest BCUT2D eigenvalue weighted by Crippen LogP contribution is -2.37. The molecule has 0 aliphatic heterocycles. The van der Waals surface area contributed by atoms with E-state index >= 15 is 0 Å². The summed E-state index contributed by atoms with van der Waals surface area (Å²) in [5.74, 6) is 0.291. The van der Waals surface area contributed by atoms with Crippen molar-refractivity contribution >= 4 is 27.4 Å². The van der Waals surface area contributed by atoms with Crippen LogP contribution in [0, 0.1) is 0 Å². The first-order valence-electron chi connectivity index (χ1n) is 8.61. The second kappa shape index (κ2) is 8.68. The molecule has 1 heterocycles. The molecule has 1 aromatic carbocycles. The summed E-state index contributed by atoms with van der Waals surface area (Å²) in [6.07, 6.45) is 0.852. The third-order valence-corrected chi connectivity index (χ3v) is 6.62. The van der Waals surface area contributed by atoms with Gasteiger partial charge in [-0.25, -0.2) is 0 Å². The maximum atomic E-state index is 12.8. The molecular formula is C19H25NO4S2. The summed E-state index contributed by atoms with van der Waals surface area (Å²) in [6.45, 7) is 7.68. The second-order valence-electron chi connectivity index (χ2n) is 6.44. The van der Waals surface area contributed by atoms with E-state index in [9.17, 15) is 13.2 Å². The van der Waals surface area contributed by atoms with Gasteiger partial charge in [0.05, 0.1) is 10.1 Å². The van der Waals surface area contributed by atoms with Crippen molar-refractivity contribution in [1.29, 1.82) is 0 Å². The molecule has 1 atom stereocenters. The van der Waals surface area contributed by atoms with Gasteiger partial charge < -0.3 is 9.08 Å². The van der Waals surface area contributed by atoms with Gasteiger partial charge in [-0.2, -0.15) is 8.42 Å². The van der Waals surface area contributed by atoms with Crippen molar-refractivity contribution in [3.63, 3.8) is 0 Å². The van der Waals surface area contributed by atoms with Crippen molar-refractivity contribution in [3.8, 4) is 5.75 Å². The number of hydrogen-bond acceptors (Lipinski definition) is 5. The summed E-state index contributed by atoms with van der Waals surface area (Å²) < 4.78 is 28.8. The molecule has 0 aliphatic carbocycles. The summed E-state index contributed by atoms with van der Waals surface area (Å²) in [5, 5.41) is 1.29. The fourth-order valence-electron chi connectivity index (χ4n) is 2.27.